The lowest BCUT2D eigenvalue weighted by atomic mass is 9.98. The SMILES string of the molecule is CCOC1CCCN(C(=O)CCN2C(=O)NC3(CCCC3)C2=O)C1. The van der Waals surface area contributed by atoms with Crippen molar-refractivity contribution in [2.24, 2.45) is 0 Å². The maximum atomic E-state index is 12.6. The molecule has 1 atom stereocenters. The zero-order valence-corrected chi connectivity index (χ0v) is 14.4. The van der Waals surface area contributed by atoms with Gasteiger partial charge in [-0.2, -0.15) is 0 Å². The van der Waals surface area contributed by atoms with Gasteiger partial charge in [0.05, 0.1) is 6.10 Å². The number of urea groups is 1. The molecular formula is C17H27N3O4. The molecule has 24 heavy (non-hydrogen) atoms. The van der Waals surface area contributed by atoms with Gasteiger partial charge in [-0.15, -0.1) is 0 Å². The van der Waals surface area contributed by atoms with Crippen molar-refractivity contribution in [1.29, 1.82) is 0 Å². The van der Waals surface area contributed by atoms with Crippen molar-refractivity contribution in [2.45, 2.75) is 63.5 Å². The summed E-state index contributed by atoms with van der Waals surface area (Å²) in [7, 11) is 0. The topological polar surface area (TPSA) is 79.0 Å². The van der Waals surface area contributed by atoms with Crippen LogP contribution in [0.15, 0.2) is 0 Å². The standard InChI is InChI=1S/C17H27N3O4/c1-2-24-13-6-5-10-19(12-13)14(21)7-11-20-15(22)17(18-16(20)23)8-3-4-9-17/h13H,2-12H2,1H3,(H,18,23). The summed E-state index contributed by atoms with van der Waals surface area (Å²) < 4.78 is 5.62. The fourth-order valence-corrected chi connectivity index (χ4v) is 4.10. The molecular weight excluding hydrogens is 310 g/mol. The Hall–Kier alpha value is -1.63. The van der Waals surface area contributed by atoms with Gasteiger partial charge in [-0.1, -0.05) is 12.8 Å². The molecule has 2 saturated heterocycles. The third-order valence-corrected chi connectivity index (χ3v) is 5.39. The van der Waals surface area contributed by atoms with Gasteiger partial charge in [0, 0.05) is 32.7 Å². The Morgan fingerprint density at radius 1 is 1.29 bits per heavy atom. The van der Waals surface area contributed by atoms with Gasteiger partial charge in [-0.05, 0) is 32.6 Å². The molecule has 0 aromatic heterocycles. The molecule has 1 saturated carbocycles. The molecule has 3 fully saturated rings. The lowest BCUT2D eigenvalue weighted by molar-refractivity contribution is -0.136. The van der Waals surface area contributed by atoms with E-state index in [0.29, 0.717) is 26.0 Å². The Bertz CT molecular complexity index is 514. The second-order valence-electron chi connectivity index (χ2n) is 6.99. The lowest BCUT2D eigenvalue weighted by Crippen LogP contribution is -2.45. The fourth-order valence-electron chi connectivity index (χ4n) is 4.10. The second kappa shape index (κ2) is 7.09. The van der Waals surface area contributed by atoms with Crippen molar-refractivity contribution in [1.82, 2.24) is 15.1 Å². The van der Waals surface area contributed by atoms with Gasteiger partial charge >= 0.3 is 6.03 Å². The average Bonchev–Trinajstić information content (AvgIpc) is 3.13. The smallest absolute Gasteiger partial charge is 0.325 e. The van der Waals surface area contributed by atoms with Crippen LogP contribution in [0.4, 0.5) is 4.79 Å². The number of imide groups is 1. The zero-order valence-electron chi connectivity index (χ0n) is 14.4. The maximum Gasteiger partial charge on any atom is 0.325 e. The summed E-state index contributed by atoms with van der Waals surface area (Å²) in [6.07, 6.45) is 5.56. The van der Waals surface area contributed by atoms with Gasteiger partial charge in [0.2, 0.25) is 5.91 Å². The number of amides is 4. The fraction of sp³-hybridized carbons (Fsp3) is 0.824. The number of nitrogens with zero attached hydrogens (tertiary/aromatic N) is 2. The van der Waals surface area contributed by atoms with Gasteiger partial charge in [-0.25, -0.2) is 4.79 Å². The predicted molar refractivity (Wildman–Crippen MR) is 87.3 cm³/mol. The molecule has 7 nitrogen and oxygen atoms in total. The number of ether oxygens (including phenoxy) is 1. The van der Waals surface area contributed by atoms with E-state index < -0.39 is 5.54 Å². The second-order valence-corrected chi connectivity index (χ2v) is 6.99. The van der Waals surface area contributed by atoms with Crippen LogP contribution in [-0.2, 0) is 14.3 Å². The van der Waals surface area contributed by atoms with E-state index in [2.05, 4.69) is 5.32 Å². The quantitative estimate of drug-likeness (QED) is 0.766. The highest BCUT2D eigenvalue weighted by Gasteiger charge is 2.52. The molecule has 3 aliphatic rings. The van der Waals surface area contributed by atoms with E-state index in [0.717, 1.165) is 32.2 Å². The normalized spacial score (nSPS) is 26.3. The Labute approximate surface area is 142 Å². The number of carbonyl (C=O) groups excluding carboxylic acids is 3. The number of nitrogens with one attached hydrogen (secondary N) is 1. The van der Waals surface area contributed by atoms with Crippen molar-refractivity contribution in [2.75, 3.05) is 26.2 Å². The predicted octanol–water partition coefficient (Wildman–Crippen LogP) is 1.27. The van der Waals surface area contributed by atoms with E-state index in [1.54, 1.807) is 4.90 Å². The van der Waals surface area contributed by atoms with E-state index in [4.69, 9.17) is 4.74 Å². The molecule has 4 amide bonds. The van der Waals surface area contributed by atoms with Crippen LogP contribution in [0.3, 0.4) is 0 Å². The minimum absolute atomic E-state index is 0.00706. The monoisotopic (exact) mass is 337 g/mol. The van der Waals surface area contributed by atoms with Gasteiger partial charge < -0.3 is 15.0 Å². The highest BCUT2D eigenvalue weighted by molar-refractivity contribution is 6.07. The van der Waals surface area contributed by atoms with Crippen LogP contribution in [0.25, 0.3) is 0 Å². The summed E-state index contributed by atoms with van der Waals surface area (Å²) in [6.45, 7) is 4.11. The number of carbonyl (C=O) groups is 3. The van der Waals surface area contributed by atoms with Gasteiger partial charge in [0.1, 0.15) is 5.54 Å². The average molecular weight is 337 g/mol. The van der Waals surface area contributed by atoms with E-state index in [9.17, 15) is 14.4 Å². The summed E-state index contributed by atoms with van der Waals surface area (Å²) in [6, 6.07) is -0.347. The van der Waals surface area contributed by atoms with Crippen molar-refractivity contribution < 1.29 is 19.1 Å². The first kappa shape index (κ1) is 17.2. The first-order valence-electron chi connectivity index (χ1n) is 9.09. The molecule has 0 bridgehead atoms. The molecule has 1 unspecified atom stereocenters. The van der Waals surface area contributed by atoms with Gasteiger partial charge in [-0.3, -0.25) is 14.5 Å². The third kappa shape index (κ3) is 3.27. The van der Waals surface area contributed by atoms with E-state index in [-0.39, 0.29) is 36.9 Å². The molecule has 7 heteroatoms. The summed E-state index contributed by atoms with van der Waals surface area (Å²) in [5.74, 6) is -0.156. The van der Waals surface area contributed by atoms with Crippen molar-refractivity contribution in [3.8, 4) is 0 Å². The van der Waals surface area contributed by atoms with Crippen LogP contribution in [-0.4, -0.2) is 65.5 Å². The molecule has 3 rings (SSSR count). The molecule has 0 aromatic carbocycles. The van der Waals surface area contributed by atoms with Crippen LogP contribution in [0.5, 0.6) is 0 Å². The Morgan fingerprint density at radius 2 is 2.04 bits per heavy atom. The number of likely N-dealkylation sites (tertiary alicyclic amines) is 1. The van der Waals surface area contributed by atoms with Gasteiger partial charge in [0.25, 0.3) is 5.91 Å². The molecule has 2 heterocycles. The van der Waals surface area contributed by atoms with Crippen molar-refractivity contribution in [3.63, 3.8) is 0 Å². The lowest BCUT2D eigenvalue weighted by Gasteiger charge is -2.32. The molecule has 1 N–H and O–H groups in total. The molecule has 134 valence electrons. The molecule has 0 radical (unpaired) electrons. The Morgan fingerprint density at radius 3 is 2.75 bits per heavy atom. The van der Waals surface area contributed by atoms with Crippen LogP contribution in [0, 0.1) is 0 Å². The zero-order chi connectivity index (χ0) is 17.2. The molecule has 2 aliphatic heterocycles. The van der Waals surface area contributed by atoms with Crippen LogP contribution >= 0.6 is 0 Å². The molecule has 1 spiro atoms. The number of piperidine rings is 1. The number of hydrogen-bond acceptors (Lipinski definition) is 4. The summed E-state index contributed by atoms with van der Waals surface area (Å²) in [5, 5.41) is 2.85. The van der Waals surface area contributed by atoms with E-state index in [1.165, 1.54) is 4.90 Å². The van der Waals surface area contributed by atoms with E-state index >= 15 is 0 Å². The van der Waals surface area contributed by atoms with Crippen LogP contribution in [0.2, 0.25) is 0 Å². The number of hydrogen-bond donors (Lipinski definition) is 1. The first-order valence-corrected chi connectivity index (χ1v) is 9.09. The van der Waals surface area contributed by atoms with Crippen molar-refractivity contribution >= 4 is 17.8 Å². The molecule has 0 aromatic rings. The summed E-state index contributed by atoms with van der Waals surface area (Å²) >= 11 is 0. The van der Waals surface area contributed by atoms with E-state index in [1.807, 2.05) is 6.92 Å². The molecule has 1 aliphatic carbocycles. The third-order valence-electron chi connectivity index (χ3n) is 5.39. The van der Waals surface area contributed by atoms with Crippen LogP contribution in [0.1, 0.15) is 51.9 Å². The Balaban J connectivity index is 1.52. The van der Waals surface area contributed by atoms with Crippen LogP contribution < -0.4 is 5.32 Å². The van der Waals surface area contributed by atoms with Crippen molar-refractivity contribution in [3.05, 3.63) is 0 Å². The number of rotatable bonds is 5. The minimum atomic E-state index is -0.689. The summed E-state index contributed by atoms with van der Waals surface area (Å²) in [5.41, 5.74) is -0.689. The Kier molecular flexibility index (Phi) is 5.08. The highest BCUT2D eigenvalue weighted by Crippen LogP contribution is 2.35. The minimum Gasteiger partial charge on any atom is -0.377 e. The largest absolute Gasteiger partial charge is 0.377 e. The van der Waals surface area contributed by atoms with Gasteiger partial charge in [0.15, 0.2) is 0 Å². The first-order chi connectivity index (χ1) is 11.6. The maximum absolute atomic E-state index is 12.6. The highest BCUT2D eigenvalue weighted by atomic mass is 16.5. The summed E-state index contributed by atoms with van der Waals surface area (Å²) in [4.78, 5) is 40.1.